The Labute approximate surface area is 115 Å². The van der Waals surface area contributed by atoms with Crippen LogP contribution in [0.15, 0.2) is 0 Å². The second-order valence-electron chi connectivity index (χ2n) is 5.33. The summed E-state index contributed by atoms with van der Waals surface area (Å²) in [6, 6.07) is 0.168. The molecule has 2 atom stereocenters. The van der Waals surface area contributed by atoms with Crippen LogP contribution in [0.4, 0.5) is 4.79 Å². The lowest BCUT2D eigenvalue weighted by molar-refractivity contribution is -0.147. The molecule has 1 aliphatic rings. The molecule has 5 heteroatoms. The lowest BCUT2D eigenvalue weighted by Crippen LogP contribution is -2.28. The zero-order valence-corrected chi connectivity index (χ0v) is 12.3. The van der Waals surface area contributed by atoms with Gasteiger partial charge in [0, 0.05) is 26.6 Å². The molecule has 110 valence electrons. The quantitative estimate of drug-likeness (QED) is 0.544. The maximum atomic E-state index is 11.3. The van der Waals surface area contributed by atoms with Gasteiger partial charge in [-0.3, -0.25) is 4.79 Å². The molecular formula is C14H26N2O3. The van der Waals surface area contributed by atoms with E-state index in [1.807, 2.05) is 0 Å². The number of carbonyl (C=O) groups is 2. The third-order valence-corrected chi connectivity index (χ3v) is 3.47. The molecule has 1 saturated heterocycles. The zero-order chi connectivity index (χ0) is 14.3. The molecule has 1 N–H and O–H groups in total. The van der Waals surface area contributed by atoms with Crippen LogP contribution >= 0.6 is 0 Å². The number of likely N-dealkylation sites (N-methyl/N-ethyl adjacent to an activating group) is 1. The van der Waals surface area contributed by atoms with Gasteiger partial charge in [-0.15, -0.1) is 0 Å². The molecule has 19 heavy (non-hydrogen) atoms. The lowest BCUT2D eigenvalue weighted by atomic mass is 10.0. The van der Waals surface area contributed by atoms with Gasteiger partial charge in [-0.2, -0.15) is 0 Å². The van der Waals surface area contributed by atoms with E-state index in [0.717, 1.165) is 38.6 Å². The minimum Gasteiger partial charge on any atom is -0.463 e. The van der Waals surface area contributed by atoms with Gasteiger partial charge >= 0.3 is 12.0 Å². The van der Waals surface area contributed by atoms with Crippen molar-refractivity contribution in [2.45, 2.75) is 64.5 Å². The van der Waals surface area contributed by atoms with Crippen molar-refractivity contribution in [3.63, 3.8) is 0 Å². The molecule has 0 spiro atoms. The highest BCUT2D eigenvalue weighted by atomic mass is 16.5. The van der Waals surface area contributed by atoms with Crippen molar-refractivity contribution in [3.8, 4) is 0 Å². The largest absolute Gasteiger partial charge is 0.463 e. The second-order valence-corrected chi connectivity index (χ2v) is 5.33. The molecule has 5 nitrogen and oxygen atoms in total. The normalized spacial score (nSPS) is 20.3. The van der Waals surface area contributed by atoms with E-state index in [1.165, 1.54) is 13.3 Å². The summed E-state index contributed by atoms with van der Waals surface area (Å²) in [5.74, 6) is -0.214. The summed E-state index contributed by atoms with van der Waals surface area (Å²) in [5.41, 5.74) is 0. The SMILES string of the molecule is CCCCCC(CCC1CN(C)C(=O)N1)OC(C)=O. The van der Waals surface area contributed by atoms with Crippen LogP contribution < -0.4 is 5.32 Å². The van der Waals surface area contributed by atoms with Gasteiger partial charge < -0.3 is 15.0 Å². The smallest absolute Gasteiger partial charge is 0.317 e. The Kier molecular flexibility index (Phi) is 6.67. The molecule has 0 bridgehead atoms. The molecule has 0 aromatic heterocycles. The molecule has 0 radical (unpaired) electrons. The Bertz CT molecular complexity index is 307. The van der Waals surface area contributed by atoms with Crippen molar-refractivity contribution >= 4 is 12.0 Å². The number of urea groups is 1. The van der Waals surface area contributed by atoms with E-state index in [-0.39, 0.29) is 24.1 Å². The summed E-state index contributed by atoms with van der Waals surface area (Å²) in [6.07, 6.45) is 6.01. The van der Waals surface area contributed by atoms with Gasteiger partial charge in [-0.25, -0.2) is 4.79 Å². The van der Waals surface area contributed by atoms with E-state index in [9.17, 15) is 9.59 Å². The van der Waals surface area contributed by atoms with E-state index in [1.54, 1.807) is 11.9 Å². The molecule has 0 saturated carbocycles. The first-order valence-electron chi connectivity index (χ1n) is 7.21. The maximum absolute atomic E-state index is 11.3. The average molecular weight is 270 g/mol. The highest BCUT2D eigenvalue weighted by Gasteiger charge is 2.26. The van der Waals surface area contributed by atoms with E-state index in [2.05, 4.69) is 12.2 Å². The highest BCUT2D eigenvalue weighted by molar-refractivity contribution is 5.76. The number of rotatable bonds is 8. The summed E-state index contributed by atoms with van der Waals surface area (Å²) in [4.78, 5) is 24.1. The molecule has 2 amide bonds. The maximum Gasteiger partial charge on any atom is 0.317 e. The van der Waals surface area contributed by atoms with Gasteiger partial charge in [0.15, 0.2) is 0 Å². The van der Waals surface area contributed by atoms with E-state index >= 15 is 0 Å². The summed E-state index contributed by atoms with van der Waals surface area (Å²) < 4.78 is 5.35. The summed E-state index contributed by atoms with van der Waals surface area (Å²) in [7, 11) is 1.79. The zero-order valence-electron chi connectivity index (χ0n) is 12.3. The molecule has 1 fully saturated rings. The third kappa shape index (κ3) is 5.94. The first kappa shape index (κ1) is 15.8. The van der Waals surface area contributed by atoms with Crippen molar-refractivity contribution in [3.05, 3.63) is 0 Å². The van der Waals surface area contributed by atoms with Crippen LogP contribution in [0.2, 0.25) is 0 Å². The molecule has 0 aromatic rings. The number of esters is 1. The fraction of sp³-hybridized carbons (Fsp3) is 0.857. The Balaban J connectivity index is 2.31. The van der Waals surface area contributed by atoms with Gasteiger partial charge in [0.25, 0.3) is 0 Å². The number of carbonyl (C=O) groups excluding carboxylic acids is 2. The highest BCUT2D eigenvalue weighted by Crippen LogP contribution is 2.16. The molecular weight excluding hydrogens is 244 g/mol. The van der Waals surface area contributed by atoms with Gasteiger partial charge in [0.2, 0.25) is 0 Å². The van der Waals surface area contributed by atoms with Crippen LogP contribution in [0.25, 0.3) is 0 Å². The van der Waals surface area contributed by atoms with Crippen LogP contribution in [0.1, 0.15) is 52.4 Å². The number of nitrogens with zero attached hydrogens (tertiary/aromatic N) is 1. The number of unbranched alkanes of at least 4 members (excludes halogenated alkanes) is 2. The van der Waals surface area contributed by atoms with Crippen molar-refractivity contribution in [2.24, 2.45) is 0 Å². The van der Waals surface area contributed by atoms with Crippen molar-refractivity contribution in [1.82, 2.24) is 10.2 Å². The van der Waals surface area contributed by atoms with Gasteiger partial charge in [0.1, 0.15) is 6.10 Å². The molecule has 1 heterocycles. The first-order valence-corrected chi connectivity index (χ1v) is 7.21. The Hall–Kier alpha value is -1.26. The molecule has 1 aliphatic heterocycles. The average Bonchev–Trinajstić information content (AvgIpc) is 2.65. The predicted molar refractivity (Wildman–Crippen MR) is 73.9 cm³/mol. The molecule has 0 aliphatic carbocycles. The minimum absolute atomic E-state index is 0.00754. The van der Waals surface area contributed by atoms with Crippen molar-refractivity contribution < 1.29 is 14.3 Å². The standard InChI is InChI=1S/C14H26N2O3/c1-4-5-6-7-13(19-11(2)17)9-8-12-10-16(3)14(18)15-12/h12-13H,4-10H2,1-3H3,(H,15,18). The number of ether oxygens (including phenoxy) is 1. The number of nitrogens with one attached hydrogen (secondary N) is 1. The Morgan fingerprint density at radius 2 is 2.21 bits per heavy atom. The summed E-state index contributed by atoms with van der Waals surface area (Å²) in [6.45, 7) is 4.35. The van der Waals surface area contributed by atoms with E-state index in [0.29, 0.717) is 0 Å². The summed E-state index contributed by atoms with van der Waals surface area (Å²) >= 11 is 0. The summed E-state index contributed by atoms with van der Waals surface area (Å²) in [5, 5.41) is 2.93. The van der Waals surface area contributed by atoms with Crippen LogP contribution in [-0.4, -0.2) is 42.6 Å². The number of amides is 2. The fourth-order valence-electron chi connectivity index (χ4n) is 2.41. The fourth-order valence-corrected chi connectivity index (χ4v) is 2.41. The molecule has 2 unspecified atom stereocenters. The van der Waals surface area contributed by atoms with Crippen LogP contribution in [0.3, 0.4) is 0 Å². The third-order valence-electron chi connectivity index (χ3n) is 3.47. The lowest BCUT2D eigenvalue weighted by Gasteiger charge is -2.18. The second kappa shape index (κ2) is 8.02. The van der Waals surface area contributed by atoms with Crippen LogP contribution in [0, 0.1) is 0 Å². The van der Waals surface area contributed by atoms with Gasteiger partial charge in [0.05, 0.1) is 0 Å². The van der Waals surface area contributed by atoms with Gasteiger partial charge in [-0.1, -0.05) is 19.8 Å². The topological polar surface area (TPSA) is 58.6 Å². The monoisotopic (exact) mass is 270 g/mol. The Morgan fingerprint density at radius 1 is 1.47 bits per heavy atom. The molecule has 1 rings (SSSR count). The van der Waals surface area contributed by atoms with Crippen LogP contribution in [0.5, 0.6) is 0 Å². The Morgan fingerprint density at radius 3 is 2.74 bits per heavy atom. The minimum atomic E-state index is -0.214. The number of hydrogen-bond donors (Lipinski definition) is 1. The predicted octanol–water partition coefficient (Wildman–Crippen LogP) is 2.30. The van der Waals surface area contributed by atoms with Gasteiger partial charge in [-0.05, 0) is 25.7 Å². The number of hydrogen-bond acceptors (Lipinski definition) is 3. The van der Waals surface area contributed by atoms with Crippen LogP contribution in [-0.2, 0) is 9.53 Å². The van der Waals surface area contributed by atoms with E-state index in [4.69, 9.17) is 4.74 Å². The van der Waals surface area contributed by atoms with E-state index < -0.39 is 0 Å². The molecule has 0 aromatic carbocycles. The first-order chi connectivity index (χ1) is 9.02. The van der Waals surface area contributed by atoms with Crippen molar-refractivity contribution in [1.29, 1.82) is 0 Å². The van der Waals surface area contributed by atoms with Crippen molar-refractivity contribution in [2.75, 3.05) is 13.6 Å².